The molecule has 0 aromatic carbocycles. The van der Waals surface area contributed by atoms with E-state index in [9.17, 15) is 0 Å². The first kappa shape index (κ1) is 11.7. The Morgan fingerprint density at radius 3 is 2.94 bits per heavy atom. The van der Waals surface area contributed by atoms with Crippen molar-refractivity contribution < 1.29 is 0 Å². The highest BCUT2D eigenvalue weighted by Gasteiger charge is 2.01. The second kappa shape index (κ2) is 5.05. The summed E-state index contributed by atoms with van der Waals surface area (Å²) in [5.74, 6) is 0.643. The average Bonchev–Trinajstić information content (AvgIpc) is 2.68. The number of pyridine rings is 1. The van der Waals surface area contributed by atoms with Crippen LogP contribution in [0.15, 0.2) is 24.7 Å². The fraction of sp³-hybridized carbons (Fsp3) is 0.273. The minimum absolute atomic E-state index is 0.529. The van der Waals surface area contributed by atoms with Crippen LogP contribution in [-0.4, -0.2) is 21.3 Å². The summed E-state index contributed by atoms with van der Waals surface area (Å²) in [7, 11) is 0. The molecular weight excluding hydrogens is 238 g/mol. The zero-order chi connectivity index (χ0) is 12.3. The summed E-state index contributed by atoms with van der Waals surface area (Å²) >= 11 is 5.99. The van der Waals surface area contributed by atoms with E-state index in [1.54, 1.807) is 12.3 Å². The van der Waals surface area contributed by atoms with Crippen molar-refractivity contribution in [1.82, 2.24) is 14.8 Å². The zero-order valence-electron chi connectivity index (χ0n) is 9.52. The monoisotopic (exact) mass is 251 g/mol. The molecule has 2 heterocycles. The highest BCUT2D eigenvalue weighted by Crippen LogP contribution is 2.20. The highest BCUT2D eigenvalue weighted by molar-refractivity contribution is 6.33. The maximum absolute atomic E-state index is 5.99. The Morgan fingerprint density at radius 2 is 2.29 bits per heavy atom. The summed E-state index contributed by atoms with van der Waals surface area (Å²) in [5.41, 5.74) is 7.27. The van der Waals surface area contributed by atoms with E-state index in [0.717, 1.165) is 12.1 Å². The molecule has 2 aromatic heterocycles. The molecule has 0 aliphatic heterocycles. The van der Waals surface area contributed by atoms with Gasteiger partial charge in [0.15, 0.2) is 0 Å². The first-order valence-electron chi connectivity index (χ1n) is 5.29. The van der Waals surface area contributed by atoms with Crippen LogP contribution in [0.5, 0.6) is 0 Å². The quantitative estimate of drug-likeness (QED) is 0.871. The van der Waals surface area contributed by atoms with Crippen LogP contribution in [0.2, 0.25) is 5.02 Å². The van der Waals surface area contributed by atoms with Crippen LogP contribution in [0.1, 0.15) is 5.56 Å². The van der Waals surface area contributed by atoms with Gasteiger partial charge in [0.05, 0.1) is 29.6 Å². The molecule has 0 aliphatic rings. The molecule has 2 rings (SSSR count). The standard InChI is InChI=1S/C11H14ClN5/c1-8-5-16-17(7-8)3-2-14-11-10(12)4-9(13)6-15-11/h4-7H,2-3,13H2,1H3,(H,14,15). The number of hydrogen-bond acceptors (Lipinski definition) is 4. The third-order valence-corrected chi connectivity index (χ3v) is 2.55. The number of nitrogens with two attached hydrogens (primary N) is 1. The lowest BCUT2D eigenvalue weighted by atomic mass is 10.4. The Balaban J connectivity index is 1.90. The lowest BCUT2D eigenvalue weighted by Gasteiger charge is -2.07. The number of anilines is 2. The van der Waals surface area contributed by atoms with Crippen molar-refractivity contribution in [3.8, 4) is 0 Å². The Morgan fingerprint density at radius 1 is 1.47 bits per heavy atom. The number of hydrogen-bond donors (Lipinski definition) is 2. The van der Waals surface area contributed by atoms with E-state index in [-0.39, 0.29) is 0 Å². The van der Waals surface area contributed by atoms with E-state index in [1.807, 2.05) is 24.0 Å². The molecule has 0 radical (unpaired) electrons. The van der Waals surface area contributed by atoms with Gasteiger partial charge in [-0.25, -0.2) is 4.98 Å². The topological polar surface area (TPSA) is 68.8 Å². The van der Waals surface area contributed by atoms with Gasteiger partial charge < -0.3 is 11.1 Å². The van der Waals surface area contributed by atoms with Gasteiger partial charge in [0.2, 0.25) is 0 Å². The van der Waals surface area contributed by atoms with Gasteiger partial charge in [-0.2, -0.15) is 5.10 Å². The second-order valence-electron chi connectivity index (χ2n) is 3.81. The van der Waals surface area contributed by atoms with Crippen LogP contribution in [0.25, 0.3) is 0 Å². The first-order valence-corrected chi connectivity index (χ1v) is 5.67. The lowest BCUT2D eigenvalue weighted by Crippen LogP contribution is -2.12. The Kier molecular flexibility index (Phi) is 3.49. The third-order valence-electron chi connectivity index (χ3n) is 2.26. The predicted octanol–water partition coefficient (Wildman–Crippen LogP) is 1.93. The van der Waals surface area contributed by atoms with Crippen LogP contribution in [0.3, 0.4) is 0 Å². The van der Waals surface area contributed by atoms with Crippen LogP contribution >= 0.6 is 11.6 Å². The molecule has 0 saturated carbocycles. The van der Waals surface area contributed by atoms with Gasteiger partial charge in [-0.15, -0.1) is 0 Å². The SMILES string of the molecule is Cc1cnn(CCNc2ncc(N)cc2Cl)c1. The summed E-state index contributed by atoms with van der Waals surface area (Å²) < 4.78 is 1.87. The van der Waals surface area contributed by atoms with Gasteiger partial charge in [-0.05, 0) is 18.6 Å². The molecule has 0 amide bonds. The van der Waals surface area contributed by atoms with Crippen molar-refractivity contribution in [3.05, 3.63) is 35.2 Å². The molecule has 90 valence electrons. The van der Waals surface area contributed by atoms with Crippen LogP contribution in [0.4, 0.5) is 11.5 Å². The molecule has 2 aromatic rings. The van der Waals surface area contributed by atoms with E-state index in [1.165, 1.54) is 0 Å². The van der Waals surface area contributed by atoms with Gasteiger partial charge in [-0.1, -0.05) is 11.6 Å². The van der Waals surface area contributed by atoms with Crippen molar-refractivity contribution in [1.29, 1.82) is 0 Å². The van der Waals surface area contributed by atoms with Crippen molar-refractivity contribution in [3.63, 3.8) is 0 Å². The van der Waals surface area contributed by atoms with Gasteiger partial charge in [0.1, 0.15) is 5.82 Å². The molecule has 6 heteroatoms. The maximum Gasteiger partial charge on any atom is 0.144 e. The van der Waals surface area contributed by atoms with Crippen molar-refractivity contribution in [2.75, 3.05) is 17.6 Å². The number of nitrogens with one attached hydrogen (secondary N) is 1. The maximum atomic E-state index is 5.99. The van der Waals surface area contributed by atoms with Gasteiger partial charge in [0.25, 0.3) is 0 Å². The molecular formula is C11H14ClN5. The Bertz CT molecular complexity index is 508. The lowest BCUT2D eigenvalue weighted by molar-refractivity contribution is 0.637. The van der Waals surface area contributed by atoms with Crippen molar-refractivity contribution in [2.24, 2.45) is 0 Å². The molecule has 0 atom stereocenters. The molecule has 5 nitrogen and oxygen atoms in total. The minimum atomic E-state index is 0.529. The number of rotatable bonds is 4. The Labute approximate surface area is 105 Å². The largest absolute Gasteiger partial charge is 0.397 e. The molecule has 0 saturated heterocycles. The summed E-state index contributed by atoms with van der Waals surface area (Å²) in [6.07, 6.45) is 5.39. The first-order chi connectivity index (χ1) is 8.15. The second-order valence-corrected chi connectivity index (χ2v) is 4.21. The molecule has 0 aliphatic carbocycles. The predicted molar refractivity (Wildman–Crippen MR) is 69.1 cm³/mol. The molecule has 0 spiro atoms. The fourth-order valence-corrected chi connectivity index (χ4v) is 1.70. The fourth-order valence-electron chi connectivity index (χ4n) is 1.46. The molecule has 0 bridgehead atoms. The van der Waals surface area contributed by atoms with Crippen LogP contribution in [0, 0.1) is 6.92 Å². The van der Waals surface area contributed by atoms with Crippen LogP contribution in [-0.2, 0) is 6.54 Å². The van der Waals surface area contributed by atoms with Crippen molar-refractivity contribution in [2.45, 2.75) is 13.5 Å². The molecule has 0 fully saturated rings. The number of nitrogen functional groups attached to an aromatic ring is 1. The number of halogens is 1. The van der Waals surface area contributed by atoms with Gasteiger partial charge in [-0.3, -0.25) is 4.68 Å². The smallest absolute Gasteiger partial charge is 0.144 e. The molecule has 17 heavy (non-hydrogen) atoms. The third kappa shape index (κ3) is 3.10. The van der Waals surface area contributed by atoms with Crippen LogP contribution < -0.4 is 11.1 Å². The zero-order valence-corrected chi connectivity index (χ0v) is 10.3. The normalized spacial score (nSPS) is 10.5. The van der Waals surface area contributed by atoms with Gasteiger partial charge >= 0.3 is 0 Å². The van der Waals surface area contributed by atoms with Gasteiger partial charge in [0, 0.05) is 12.7 Å². The summed E-state index contributed by atoms with van der Waals surface area (Å²) in [6, 6.07) is 1.68. The highest BCUT2D eigenvalue weighted by atomic mass is 35.5. The summed E-state index contributed by atoms with van der Waals surface area (Å²) in [6.45, 7) is 3.48. The number of nitrogens with zero attached hydrogens (tertiary/aromatic N) is 3. The van der Waals surface area contributed by atoms with Crippen molar-refractivity contribution >= 4 is 23.1 Å². The van der Waals surface area contributed by atoms with E-state index in [4.69, 9.17) is 17.3 Å². The Hall–Kier alpha value is -1.75. The van der Waals surface area contributed by atoms with E-state index < -0.39 is 0 Å². The molecule has 3 N–H and O–H groups in total. The van der Waals surface area contributed by atoms with E-state index in [0.29, 0.717) is 23.1 Å². The summed E-state index contributed by atoms with van der Waals surface area (Å²) in [5, 5.41) is 7.85. The molecule has 0 unspecified atom stereocenters. The summed E-state index contributed by atoms with van der Waals surface area (Å²) in [4.78, 5) is 4.12. The van der Waals surface area contributed by atoms with E-state index in [2.05, 4.69) is 15.4 Å². The number of aryl methyl sites for hydroxylation is 1. The van der Waals surface area contributed by atoms with E-state index >= 15 is 0 Å². The average molecular weight is 252 g/mol. The number of aromatic nitrogens is 3. The minimum Gasteiger partial charge on any atom is -0.397 e.